The van der Waals surface area contributed by atoms with Crippen LogP contribution in [0.1, 0.15) is 43.4 Å². The van der Waals surface area contributed by atoms with E-state index in [1.165, 1.54) is 6.33 Å². The van der Waals surface area contributed by atoms with E-state index in [1.807, 2.05) is 70.3 Å². The standard InChI is InChI=1S/C29H28N8O3/c1-18-11-21(5-6-24(18)39-22-7-9-36-25(12-22)31-17-33-36)34-26-19(13-30)14-32-37-10-8-23(27(26)37)20-15-35(16-20)28(38)40-29(2,3)4/h5-12,14,17,20,34H,15-16H2,1-4H3. The molecule has 11 nitrogen and oxygen atoms in total. The number of amides is 1. The number of hydrogen-bond donors (Lipinski definition) is 1. The lowest BCUT2D eigenvalue weighted by atomic mass is 9.92. The van der Waals surface area contributed by atoms with E-state index in [1.54, 1.807) is 26.3 Å². The summed E-state index contributed by atoms with van der Waals surface area (Å²) in [6, 6.07) is 13.7. The van der Waals surface area contributed by atoms with Gasteiger partial charge in [-0.25, -0.2) is 18.8 Å². The molecular weight excluding hydrogens is 508 g/mol. The van der Waals surface area contributed by atoms with Gasteiger partial charge in [0.25, 0.3) is 0 Å². The van der Waals surface area contributed by atoms with Crippen LogP contribution in [0.3, 0.4) is 0 Å². The Hall–Kier alpha value is -5.11. The van der Waals surface area contributed by atoms with Crippen molar-refractivity contribution in [3.63, 3.8) is 0 Å². The fraction of sp³-hybridized carbons (Fsp3) is 0.276. The van der Waals surface area contributed by atoms with Gasteiger partial charge in [-0.15, -0.1) is 0 Å². The average Bonchev–Trinajstić information content (AvgIpc) is 3.51. The molecule has 1 aromatic carbocycles. The molecule has 40 heavy (non-hydrogen) atoms. The van der Waals surface area contributed by atoms with Crippen LogP contribution < -0.4 is 10.1 Å². The van der Waals surface area contributed by atoms with Crippen molar-refractivity contribution in [2.24, 2.45) is 0 Å². The first-order valence-corrected chi connectivity index (χ1v) is 12.9. The lowest BCUT2D eigenvalue weighted by molar-refractivity contribution is 0.00830. The molecule has 0 bridgehead atoms. The van der Waals surface area contributed by atoms with Crippen molar-refractivity contribution >= 4 is 28.6 Å². The number of pyridine rings is 1. The fourth-order valence-corrected chi connectivity index (χ4v) is 4.77. The Labute approximate surface area is 230 Å². The first-order valence-electron chi connectivity index (χ1n) is 12.9. The molecule has 0 radical (unpaired) electrons. The van der Waals surface area contributed by atoms with Crippen LogP contribution in [-0.2, 0) is 4.74 Å². The summed E-state index contributed by atoms with van der Waals surface area (Å²) in [5.41, 5.74) is 4.80. The minimum atomic E-state index is -0.544. The molecule has 11 heteroatoms. The maximum Gasteiger partial charge on any atom is 0.410 e. The zero-order valence-corrected chi connectivity index (χ0v) is 22.6. The van der Waals surface area contributed by atoms with Crippen molar-refractivity contribution in [2.45, 2.75) is 39.2 Å². The number of fused-ring (bicyclic) bond motifs is 2. The second kappa shape index (κ2) is 9.57. The van der Waals surface area contributed by atoms with E-state index in [-0.39, 0.29) is 12.0 Å². The van der Waals surface area contributed by atoms with E-state index < -0.39 is 5.60 Å². The van der Waals surface area contributed by atoms with Crippen molar-refractivity contribution in [3.8, 4) is 17.6 Å². The lowest BCUT2D eigenvalue weighted by Gasteiger charge is -2.39. The number of rotatable bonds is 5. The number of ether oxygens (including phenoxy) is 2. The number of aromatic nitrogens is 5. The van der Waals surface area contributed by atoms with Crippen LogP contribution in [-0.4, -0.2) is 53.9 Å². The number of nitrogens with zero attached hydrogens (tertiary/aromatic N) is 7. The lowest BCUT2D eigenvalue weighted by Crippen LogP contribution is -2.50. The maximum absolute atomic E-state index is 12.5. The molecule has 0 atom stereocenters. The van der Waals surface area contributed by atoms with E-state index in [0.717, 1.165) is 22.3 Å². The third kappa shape index (κ3) is 4.75. The van der Waals surface area contributed by atoms with E-state index in [9.17, 15) is 10.1 Å². The number of likely N-dealkylation sites (tertiary alicyclic amines) is 1. The maximum atomic E-state index is 12.5. The minimum absolute atomic E-state index is 0.106. The summed E-state index contributed by atoms with van der Waals surface area (Å²) in [7, 11) is 0. The molecule has 0 spiro atoms. The summed E-state index contributed by atoms with van der Waals surface area (Å²) in [5.74, 6) is 1.47. The molecule has 1 amide bonds. The van der Waals surface area contributed by atoms with Crippen molar-refractivity contribution in [1.29, 1.82) is 5.26 Å². The molecule has 0 unspecified atom stereocenters. The van der Waals surface area contributed by atoms with E-state index in [2.05, 4.69) is 26.6 Å². The van der Waals surface area contributed by atoms with Gasteiger partial charge in [0.2, 0.25) is 0 Å². The van der Waals surface area contributed by atoms with Gasteiger partial charge in [0, 0.05) is 43.2 Å². The highest BCUT2D eigenvalue weighted by Crippen LogP contribution is 2.37. The first-order chi connectivity index (χ1) is 19.2. The number of nitriles is 1. The number of nitrogens with one attached hydrogen (secondary N) is 1. The Morgan fingerprint density at radius 3 is 2.65 bits per heavy atom. The number of anilines is 2. The summed E-state index contributed by atoms with van der Waals surface area (Å²) >= 11 is 0. The summed E-state index contributed by atoms with van der Waals surface area (Å²) < 4.78 is 15.0. The van der Waals surface area contributed by atoms with Crippen molar-refractivity contribution < 1.29 is 14.3 Å². The zero-order chi connectivity index (χ0) is 28.0. The predicted octanol–water partition coefficient (Wildman–Crippen LogP) is 5.43. The van der Waals surface area contributed by atoms with Gasteiger partial charge in [-0.2, -0.15) is 15.5 Å². The van der Waals surface area contributed by atoms with Gasteiger partial charge in [-0.1, -0.05) is 0 Å². The molecular formula is C29H28N8O3. The molecule has 1 saturated heterocycles. The Balaban J connectivity index is 1.25. The van der Waals surface area contributed by atoms with Gasteiger partial charge in [0.05, 0.1) is 23.0 Å². The number of carbonyl (C=O) groups is 1. The molecule has 0 aliphatic carbocycles. The quantitative estimate of drug-likeness (QED) is 0.316. The van der Waals surface area contributed by atoms with E-state index in [0.29, 0.717) is 41.5 Å². The molecule has 1 N–H and O–H groups in total. The zero-order valence-electron chi connectivity index (χ0n) is 22.6. The van der Waals surface area contributed by atoms with Gasteiger partial charge in [-0.05, 0) is 69.2 Å². The average molecular weight is 537 g/mol. The Morgan fingerprint density at radius 1 is 1.10 bits per heavy atom. The second-order valence-corrected chi connectivity index (χ2v) is 10.8. The minimum Gasteiger partial charge on any atom is -0.457 e. The summed E-state index contributed by atoms with van der Waals surface area (Å²) in [4.78, 5) is 18.4. The molecule has 1 aliphatic rings. The van der Waals surface area contributed by atoms with E-state index >= 15 is 0 Å². The van der Waals surface area contributed by atoms with Gasteiger partial charge in [-0.3, -0.25) is 0 Å². The van der Waals surface area contributed by atoms with Crippen LogP contribution in [0.5, 0.6) is 11.5 Å². The number of aryl methyl sites for hydroxylation is 1. The Morgan fingerprint density at radius 2 is 1.90 bits per heavy atom. The molecule has 6 rings (SSSR count). The van der Waals surface area contributed by atoms with Gasteiger partial charge < -0.3 is 19.7 Å². The van der Waals surface area contributed by atoms with Gasteiger partial charge in [0.1, 0.15) is 29.5 Å². The third-order valence-electron chi connectivity index (χ3n) is 6.73. The largest absolute Gasteiger partial charge is 0.457 e. The molecule has 0 saturated carbocycles. The monoisotopic (exact) mass is 536 g/mol. The summed E-state index contributed by atoms with van der Waals surface area (Å²) in [6.07, 6.45) is 6.40. The predicted molar refractivity (Wildman–Crippen MR) is 148 cm³/mol. The van der Waals surface area contributed by atoms with Crippen LogP contribution in [0.2, 0.25) is 0 Å². The highest BCUT2D eigenvalue weighted by molar-refractivity contribution is 5.85. The fourth-order valence-electron chi connectivity index (χ4n) is 4.77. The first kappa shape index (κ1) is 25.2. The second-order valence-electron chi connectivity index (χ2n) is 10.8. The normalized spacial score (nSPS) is 13.7. The molecule has 5 heterocycles. The Kier molecular flexibility index (Phi) is 6.03. The molecule has 5 aromatic rings. The van der Waals surface area contributed by atoms with Crippen LogP contribution in [0, 0.1) is 18.3 Å². The van der Waals surface area contributed by atoms with Crippen molar-refractivity contribution in [1.82, 2.24) is 29.1 Å². The van der Waals surface area contributed by atoms with Crippen LogP contribution in [0.4, 0.5) is 16.2 Å². The van der Waals surface area contributed by atoms with Gasteiger partial charge in [0.15, 0.2) is 5.65 Å². The van der Waals surface area contributed by atoms with Crippen LogP contribution >= 0.6 is 0 Å². The van der Waals surface area contributed by atoms with Crippen molar-refractivity contribution in [2.75, 3.05) is 18.4 Å². The SMILES string of the molecule is Cc1cc(Nc2c(C#N)cnn3ccc(C4CN(C(=O)OC(C)(C)C)C4)c23)ccc1Oc1ccn2ncnc2c1. The van der Waals surface area contributed by atoms with Crippen molar-refractivity contribution in [3.05, 3.63) is 78.0 Å². The molecule has 4 aromatic heterocycles. The number of benzene rings is 1. The summed E-state index contributed by atoms with van der Waals surface area (Å²) in [6.45, 7) is 8.61. The van der Waals surface area contributed by atoms with Gasteiger partial charge >= 0.3 is 6.09 Å². The summed E-state index contributed by atoms with van der Waals surface area (Å²) in [5, 5.41) is 21.9. The highest BCUT2D eigenvalue weighted by atomic mass is 16.6. The smallest absolute Gasteiger partial charge is 0.410 e. The Bertz CT molecular complexity index is 1790. The van der Waals surface area contributed by atoms with Crippen LogP contribution in [0.15, 0.2) is 61.3 Å². The van der Waals surface area contributed by atoms with E-state index in [4.69, 9.17) is 9.47 Å². The number of carbonyl (C=O) groups excluding carboxylic acids is 1. The van der Waals surface area contributed by atoms with Crippen LogP contribution in [0.25, 0.3) is 11.2 Å². The topological polar surface area (TPSA) is 122 Å². The number of hydrogen-bond acceptors (Lipinski definition) is 8. The molecule has 1 aliphatic heterocycles. The molecule has 202 valence electrons. The third-order valence-corrected chi connectivity index (χ3v) is 6.73. The molecule has 1 fully saturated rings. The highest BCUT2D eigenvalue weighted by Gasteiger charge is 2.36.